The van der Waals surface area contributed by atoms with Crippen LogP contribution in [0.2, 0.25) is 0 Å². The van der Waals surface area contributed by atoms with Crippen molar-refractivity contribution >= 4 is 0 Å². The van der Waals surface area contributed by atoms with Crippen molar-refractivity contribution in [1.29, 1.82) is 0 Å². The lowest BCUT2D eigenvalue weighted by Crippen LogP contribution is -2.50. The quantitative estimate of drug-likeness (QED) is 0.775. The summed E-state index contributed by atoms with van der Waals surface area (Å²) in [6.07, 6.45) is 2.65. The molecule has 0 aliphatic carbocycles. The molecule has 110 valence electrons. The molecule has 3 heteroatoms. The summed E-state index contributed by atoms with van der Waals surface area (Å²) in [6, 6.07) is 1.30. The first kappa shape index (κ1) is 14.9. The number of rotatable bonds is 3. The molecular formula is C16H31N3. The normalized spacial score (nSPS) is 34.5. The Bertz CT molecular complexity index is 295. The topological polar surface area (TPSA) is 9.72 Å². The molecule has 0 aromatic heterocycles. The van der Waals surface area contributed by atoms with Crippen LogP contribution in [0.15, 0.2) is 12.3 Å². The largest absolute Gasteiger partial charge is 0.370 e. The van der Waals surface area contributed by atoms with E-state index in [1.54, 1.807) is 0 Å². The average Bonchev–Trinajstić information content (AvgIpc) is 2.30. The third kappa shape index (κ3) is 3.73. The zero-order valence-corrected chi connectivity index (χ0v) is 13.2. The van der Waals surface area contributed by atoms with Gasteiger partial charge in [0.2, 0.25) is 0 Å². The van der Waals surface area contributed by atoms with Crippen molar-refractivity contribution < 1.29 is 0 Å². The summed E-state index contributed by atoms with van der Waals surface area (Å²) in [5.41, 5.74) is 1.23. The van der Waals surface area contributed by atoms with Crippen LogP contribution < -0.4 is 0 Å². The Morgan fingerprint density at radius 3 is 2.05 bits per heavy atom. The predicted molar refractivity (Wildman–Crippen MR) is 82.2 cm³/mol. The number of hydrogen-bond acceptors (Lipinski definition) is 3. The number of nitrogens with zero attached hydrogens (tertiary/aromatic N) is 3. The summed E-state index contributed by atoms with van der Waals surface area (Å²) in [4.78, 5) is 7.62. The molecule has 3 atom stereocenters. The molecule has 2 aliphatic heterocycles. The molecular weight excluding hydrogens is 234 g/mol. The summed E-state index contributed by atoms with van der Waals surface area (Å²) in [6.45, 7) is 17.3. The minimum atomic E-state index is 0.652. The Morgan fingerprint density at radius 1 is 1.05 bits per heavy atom. The standard InChI is InChI=1S/C16H31N3/c1-13(2)19-14(3)10-16(11-15(19)4)12-18-8-6-17(5)7-9-18/h14-16H,1,6-12H2,2-5H3/t14-,15+,16?. The fraction of sp³-hybridized carbons (Fsp3) is 0.875. The van der Waals surface area contributed by atoms with E-state index >= 15 is 0 Å². The van der Waals surface area contributed by atoms with E-state index in [4.69, 9.17) is 0 Å². The highest BCUT2D eigenvalue weighted by atomic mass is 15.3. The van der Waals surface area contributed by atoms with E-state index in [0.717, 1.165) is 5.92 Å². The third-order valence-corrected chi connectivity index (χ3v) is 4.85. The molecule has 0 aromatic rings. The predicted octanol–water partition coefficient (Wildman–Crippen LogP) is 2.26. The van der Waals surface area contributed by atoms with Gasteiger partial charge in [-0.15, -0.1) is 0 Å². The molecule has 19 heavy (non-hydrogen) atoms. The maximum atomic E-state index is 4.14. The molecule has 0 spiro atoms. The summed E-state index contributed by atoms with van der Waals surface area (Å²) < 4.78 is 0. The Morgan fingerprint density at radius 2 is 1.58 bits per heavy atom. The van der Waals surface area contributed by atoms with E-state index < -0.39 is 0 Å². The van der Waals surface area contributed by atoms with Crippen LogP contribution in [0.3, 0.4) is 0 Å². The van der Waals surface area contributed by atoms with Gasteiger partial charge in [0.05, 0.1) is 0 Å². The lowest BCUT2D eigenvalue weighted by molar-refractivity contribution is 0.0686. The first-order valence-corrected chi connectivity index (χ1v) is 7.82. The highest BCUT2D eigenvalue weighted by molar-refractivity contribution is 4.98. The second kappa shape index (κ2) is 6.27. The van der Waals surface area contributed by atoms with E-state index in [1.807, 2.05) is 0 Å². The number of allylic oxidation sites excluding steroid dienone is 1. The number of likely N-dealkylation sites (tertiary alicyclic amines) is 1. The van der Waals surface area contributed by atoms with Gasteiger partial charge >= 0.3 is 0 Å². The second-order valence-corrected chi connectivity index (χ2v) is 6.78. The van der Waals surface area contributed by atoms with Gasteiger partial charge in [0.15, 0.2) is 0 Å². The molecule has 2 saturated heterocycles. The van der Waals surface area contributed by atoms with Crippen molar-refractivity contribution in [3.05, 3.63) is 12.3 Å². The number of piperazine rings is 1. The van der Waals surface area contributed by atoms with E-state index in [1.165, 1.54) is 51.3 Å². The zero-order valence-electron chi connectivity index (χ0n) is 13.2. The molecule has 2 heterocycles. The first-order valence-electron chi connectivity index (χ1n) is 7.82. The first-order chi connectivity index (χ1) is 8.97. The van der Waals surface area contributed by atoms with E-state index in [-0.39, 0.29) is 0 Å². The molecule has 0 N–H and O–H groups in total. The highest BCUT2D eigenvalue weighted by Gasteiger charge is 2.31. The molecule has 0 radical (unpaired) electrons. The van der Waals surface area contributed by atoms with Gasteiger partial charge in [0.25, 0.3) is 0 Å². The van der Waals surface area contributed by atoms with Gasteiger partial charge < -0.3 is 14.7 Å². The Hall–Kier alpha value is -0.540. The average molecular weight is 265 g/mol. The Kier molecular flexibility index (Phi) is 4.91. The number of hydrogen-bond donors (Lipinski definition) is 0. The van der Waals surface area contributed by atoms with Crippen molar-refractivity contribution in [2.45, 2.75) is 45.7 Å². The summed E-state index contributed by atoms with van der Waals surface area (Å²) in [7, 11) is 2.23. The van der Waals surface area contributed by atoms with Crippen LogP contribution in [-0.2, 0) is 0 Å². The zero-order chi connectivity index (χ0) is 14.0. The minimum Gasteiger partial charge on any atom is -0.370 e. The van der Waals surface area contributed by atoms with Crippen LogP contribution in [0.4, 0.5) is 0 Å². The van der Waals surface area contributed by atoms with Crippen molar-refractivity contribution in [3.63, 3.8) is 0 Å². The van der Waals surface area contributed by atoms with Crippen LogP contribution in [0.25, 0.3) is 0 Å². The highest BCUT2D eigenvalue weighted by Crippen LogP contribution is 2.30. The van der Waals surface area contributed by atoms with Crippen molar-refractivity contribution in [3.8, 4) is 0 Å². The fourth-order valence-electron chi connectivity index (χ4n) is 4.02. The summed E-state index contributed by atoms with van der Waals surface area (Å²) in [5.74, 6) is 0.865. The maximum Gasteiger partial charge on any atom is 0.0264 e. The van der Waals surface area contributed by atoms with Gasteiger partial charge in [-0.25, -0.2) is 0 Å². The van der Waals surface area contributed by atoms with Gasteiger partial charge in [0, 0.05) is 50.5 Å². The van der Waals surface area contributed by atoms with Gasteiger partial charge in [-0.2, -0.15) is 0 Å². The molecule has 0 amide bonds. The van der Waals surface area contributed by atoms with Crippen molar-refractivity contribution in [1.82, 2.24) is 14.7 Å². The van der Waals surface area contributed by atoms with Crippen LogP contribution in [0, 0.1) is 5.92 Å². The second-order valence-electron chi connectivity index (χ2n) is 6.78. The molecule has 2 rings (SSSR count). The molecule has 2 fully saturated rings. The fourth-order valence-corrected chi connectivity index (χ4v) is 4.02. The number of likely N-dealkylation sites (N-methyl/N-ethyl adjacent to an activating group) is 1. The molecule has 3 nitrogen and oxygen atoms in total. The molecule has 1 unspecified atom stereocenters. The summed E-state index contributed by atoms with van der Waals surface area (Å²) >= 11 is 0. The van der Waals surface area contributed by atoms with Gasteiger partial charge in [-0.05, 0) is 46.6 Å². The number of piperidine rings is 1. The van der Waals surface area contributed by atoms with Gasteiger partial charge in [-0.1, -0.05) is 6.58 Å². The van der Waals surface area contributed by atoms with Crippen LogP contribution in [0.1, 0.15) is 33.6 Å². The van der Waals surface area contributed by atoms with Crippen LogP contribution >= 0.6 is 0 Å². The monoisotopic (exact) mass is 265 g/mol. The minimum absolute atomic E-state index is 0.652. The molecule has 0 aromatic carbocycles. The smallest absolute Gasteiger partial charge is 0.0264 e. The van der Waals surface area contributed by atoms with Gasteiger partial charge in [0.1, 0.15) is 0 Å². The van der Waals surface area contributed by atoms with E-state index in [2.05, 4.69) is 49.1 Å². The van der Waals surface area contributed by atoms with Crippen LogP contribution in [-0.4, -0.2) is 66.6 Å². The van der Waals surface area contributed by atoms with Crippen LogP contribution in [0.5, 0.6) is 0 Å². The Balaban J connectivity index is 1.85. The van der Waals surface area contributed by atoms with E-state index in [9.17, 15) is 0 Å². The molecule has 0 saturated carbocycles. The van der Waals surface area contributed by atoms with E-state index in [0.29, 0.717) is 12.1 Å². The SMILES string of the molecule is C=C(C)N1[C@H](C)CC(CN2CCN(C)CC2)C[C@@H]1C. The lowest BCUT2D eigenvalue weighted by Gasteiger charge is -2.46. The Labute approximate surface area is 119 Å². The molecule has 0 bridgehead atoms. The van der Waals surface area contributed by atoms with Gasteiger partial charge in [-0.3, -0.25) is 0 Å². The summed E-state index contributed by atoms with van der Waals surface area (Å²) in [5, 5.41) is 0. The maximum absolute atomic E-state index is 4.14. The van der Waals surface area contributed by atoms with Crippen molar-refractivity contribution in [2.75, 3.05) is 39.8 Å². The molecule has 2 aliphatic rings. The lowest BCUT2D eigenvalue weighted by atomic mass is 9.86. The third-order valence-electron chi connectivity index (χ3n) is 4.85. The van der Waals surface area contributed by atoms with Crippen molar-refractivity contribution in [2.24, 2.45) is 5.92 Å².